The Hall–Kier alpha value is -3.07. The minimum Gasteiger partial charge on any atom is -0.497 e. The van der Waals surface area contributed by atoms with Crippen molar-refractivity contribution in [2.45, 2.75) is 52.7 Å². The van der Waals surface area contributed by atoms with E-state index < -0.39 is 28.5 Å². The number of amides is 2. The first-order valence-electron chi connectivity index (χ1n) is 11.2. The number of rotatable bonds is 11. The second-order valence-electron chi connectivity index (χ2n) is 8.50. The molecule has 0 radical (unpaired) electrons. The van der Waals surface area contributed by atoms with Gasteiger partial charge in [0.05, 0.1) is 19.1 Å². The highest BCUT2D eigenvalue weighted by Gasteiger charge is 2.32. The molecule has 8 nitrogen and oxygen atoms in total. The molecule has 1 atom stereocenters. The van der Waals surface area contributed by atoms with Crippen LogP contribution in [0.1, 0.15) is 38.3 Å². The van der Waals surface area contributed by atoms with Crippen LogP contribution in [0.25, 0.3) is 0 Å². The predicted molar refractivity (Wildman–Crippen MR) is 134 cm³/mol. The first-order chi connectivity index (χ1) is 16.0. The zero-order valence-corrected chi connectivity index (χ0v) is 21.6. The smallest absolute Gasteiger partial charge is 0.244 e. The number of aryl methyl sites for hydroxylation is 1. The topological polar surface area (TPSA) is 96.0 Å². The average Bonchev–Trinajstić information content (AvgIpc) is 2.77. The number of anilines is 1. The molecule has 0 aliphatic carbocycles. The van der Waals surface area contributed by atoms with Crippen LogP contribution in [0.4, 0.5) is 5.69 Å². The maximum absolute atomic E-state index is 13.6. The monoisotopic (exact) mass is 489 g/mol. The highest BCUT2D eigenvalue weighted by Crippen LogP contribution is 2.23. The van der Waals surface area contributed by atoms with E-state index in [9.17, 15) is 18.0 Å². The Morgan fingerprint density at radius 1 is 1.06 bits per heavy atom. The fraction of sp³-hybridized carbons (Fsp3) is 0.440. The highest BCUT2D eigenvalue weighted by atomic mass is 32.2. The van der Waals surface area contributed by atoms with Gasteiger partial charge in [0.25, 0.3) is 0 Å². The molecule has 0 unspecified atom stereocenters. The Kier molecular flexibility index (Phi) is 9.49. The molecule has 0 saturated carbocycles. The van der Waals surface area contributed by atoms with Gasteiger partial charge in [0, 0.05) is 12.6 Å². The molecule has 2 rings (SSSR count). The maximum Gasteiger partial charge on any atom is 0.244 e. The molecule has 2 aromatic rings. The standard InChI is InChI=1S/C25H35N3O5S/c1-7-23(25(30)26-18(2)3)27(16-20-11-9-8-10-19(20)4)24(29)17-28(34(6,31)32)21-12-14-22(33-5)15-13-21/h8-15,18,23H,7,16-17H2,1-6H3,(H,26,30)/t23-/m1/s1. The number of nitrogens with zero attached hydrogens (tertiary/aromatic N) is 2. The van der Waals surface area contributed by atoms with Gasteiger partial charge in [0.1, 0.15) is 18.3 Å². The van der Waals surface area contributed by atoms with Crippen LogP contribution in [0.5, 0.6) is 5.75 Å². The number of benzene rings is 2. The summed E-state index contributed by atoms with van der Waals surface area (Å²) in [4.78, 5) is 28.1. The van der Waals surface area contributed by atoms with Gasteiger partial charge in [-0.2, -0.15) is 0 Å². The lowest BCUT2D eigenvalue weighted by atomic mass is 10.1. The average molecular weight is 490 g/mol. The first-order valence-corrected chi connectivity index (χ1v) is 13.1. The molecule has 0 saturated heterocycles. The van der Waals surface area contributed by atoms with E-state index >= 15 is 0 Å². The second-order valence-corrected chi connectivity index (χ2v) is 10.4. The Bertz CT molecular complexity index is 1080. The lowest BCUT2D eigenvalue weighted by Crippen LogP contribution is -2.53. The number of ether oxygens (including phenoxy) is 1. The SMILES string of the molecule is CC[C@H](C(=O)NC(C)C)N(Cc1ccccc1C)C(=O)CN(c1ccc(OC)cc1)S(C)(=O)=O. The van der Waals surface area contributed by atoms with Crippen molar-refractivity contribution in [1.29, 1.82) is 0 Å². The Labute approximate surface area is 202 Å². The van der Waals surface area contributed by atoms with Crippen LogP contribution < -0.4 is 14.4 Å². The Balaban J connectivity index is 2.44. The quantitative estimate of drug-likeness (QED) is 0.523. The van der Waals surface area contributed by atoms with Crippen LogP contribution >= 0.6 is 0 Å². The first kappa shape index (κ1) is 27.2. The number of hydrogen-bond acceptors (Lipinski definition) is 5. The summed E-state index contributed by atoms with van der Waals surface area (Å²) in [6, 6.07) is 13.2. The van der Waals surface area contributed by atoms with E-state index in [4.69, 9.17) is 4.74 Å². The molecule has 0 bridgehead atoms. The molecule has 0 spiro atoms. The van der Waals surface area contributed by atoms with Crippen molar-refractivity contribution in [2.24, 2.45) is 0 Å². The number of carbonyl (C=O) groups excluding carboxylic acids is 2. The van der Waals surface area contributed by atoms with E-state index in [0.717, 1.165) is 21.7 Å². The molecule has 0 aromatic heterocycles. The third kappa shape index (κ3) is 7.21. The molecule has 0 aliphatic rings. The summed E-state index contributed by atoms with van der Waals surface area (Å²) in [5.74, 6) is -0.161. The molecule has 0 aliphatic heterocycles. The van der Waals surface area contributed by atoms with E-state index in [1.54, 1.807) is 24.3 Å². The van der Waals surface area contributed by atoms with E-state index in [1.807, 2.05) is 52.0 Å². The van der Waals surface area contributed by atoms with Gasteiger partial charge in [-0.3, -0.25) is 13.9 Å². The largest absolute Gasteiger partial charge is 0.497 e. The molecule has 0 heterocycles. The maximum atomic E-state index is 13.6. The number of carbonyl (C=O) groups is 2. The van der Waals surface area contributed by atoms with Crippen LogP contribution in [-0.2, 0) is 26.2 Å². The third-order valence-electron chi connectivity index (χ3n) is 5.46. The number of nitrogens with one attached hydrogen (secondary N) is 1. The second kappa shape index (κ2) is 11.9. The van der Waals surface area contributed by atoms with Crippen molar-refractivity contribution < 1.29 is 22.7 Å². The number of methoxy groups -OCH3 is 1. The Morgan fingerprint density at radius 3 is 2.18 bits per heavy atom. The molecule has 1 N–H and O–H groups in total. The Morgan fingerprint density at radius 2 is 1.68 bits per heavy atom. The lowest BCUT2D eigenvalue weighted by Gasteiger charge is -2.33. The van der Waals surface area contributed by atoms with Crippen molar-refractivity contribution in [1.82, 2.24) is 10.2 Å². The predicted octanol–water partition coefficient (Wildman–Crippen LogP) is 3.10. The van der Waals surface area contributed by atoms with Gasteiger partial charge < -0.3 is 15.0 Å². The minimum atomic E-state index is -3.77. The van der Waals surface area contributed by atoms with E-state index in [2.05, 4.69) is 5.32 Å². The van der Waals surface area contributed by atoms with Gasteiger partial charge >= 0.3 is 0 Å². The highest BCUT2D eigenvalue weighted by molar-refractivity contribution is 7.92. The lowest BCUT2D eigenvalue weighted by molar-refractivity contribution is -0.140. The van der Waals surface area contributed by atoms with Gasteiger partial charge in [-0.05, 0) is 62.6 Å². The molecule has 34 heavy (non-hydrogen) atoms. The molecule has 2 aromatic carbocycles. The van der Waals surface area contributed by atoms with E-state index in [0.29, 0.717) is 17.9 Å². The van der Waals surface area contributed by atoms with Crippen LogP contribution in [0.15, 0.2) is 48.5 Å². The van der Waals surface area contributed by atoms with Crippen LogP contribution in [0.2, 0.25) is 0 Å². The summed E-state index contributed by atoms with van der Waals surface area (Å²) >= 11 is 0. The fourth-order valence-corrected chi connectivity index (χ4v) is 4.48. The van der Waals surface area contributed by atoms with Crippen LogP contribution in [-0.4, -0.2) is 57.1 Å². The molecule has 2 amide bonds. The van der Waals surface area contributed by atoms with Crippen molar-refractivity contribution in [3.05, 3.63) is 59.7 Å². The van der Waals surface area contributed by atoms with Crippen molar-refractivity contribution in [2.75, 3.05) is 24.2 Å². The minimum absolute atomic E-state index is 0.0937. The zero-order chi connectivity index (χ0) is 25.5. The van der Waals surface area contributed by atoms with Gasteiger partial charge in [-0.25, -0.2) is 8.42 Å². The summed E-state index contributed by atoms with van der Waals surface area (Å²) in [5.41, 5.74) is 2.21. The molecular formula is C25H35N3O5S. The number of hydrogen-bond donors (Lipinski definition) is 1. The molecule has 0 fully saturated rings. The van der Waals surface area contributed by atoms with Crippen molar-refractivity contribution in [3.63, 3.8) is 0 Å². The molecule has 9 heteroatoms. The van der Waals surface area contributed by atoms with E-state index in [1.165, 1.54) is 12.0 Å². The molecule has 186 valence electrons. The van der Waals surface area contributed by atoms with Gasteiger partial charge in [0.2, 0.25) is 21.8 Å². The van der Waals surface area contributed by atoms with Gasteiger partial charge in [-0.1, -0.05) is 31.2 Å². The van der Waals surface area contributed by atoms with Crippen molar-refractivity contribution in [3.8, 4) is 5.75 Å². The van der Waals surface area contributed by atoms with Crippen LogP contribution in [0, 0.1) is 6.92 Å². The fourth-order valence-electron chi connectivity index (χ4n) is 3.63. The summed E-state index contributed by atoms with van der Waals surface area (Å²) in [6.07, 6.45) is 1.44. The zero-order valence-electron chi connectivity index (χ0n) is 20.7. The number of sulfonamides is 1. The summed E-state index contributed by atoms with van der Waals surface area (Å²) in [6.45, 7) is 7.24. The van der Waals surface area contributed by atoms with Crippen molar-refractivity contribution >= 4 is 27.5 Å². The summed E-state index contributed by atoms with van der Waals surface area (Å²) in [7, 11) is -2.26. The van der Waals surface area contributed by atoms with Gasteiger partial charge in [-0.15, -0.1) is 0 Å². The van der Waals surface area contributed by atoms with Gasteiger partial charge in [0.15, 0.2) is 0 Å². The summed E-state index contributed by atoms with van der Waals surface area (Å²) < 4.78 is 31.4. The third-order valence-corrected chi connectivity index (χ3v) is 6.60. The summed E-state index contributed by atoms with van der Waals surface area (Å²) in [5, 5.41) is 2.88. The van der Waals surface area contributed by atoms with Crippen LogP contribution in [0.3, 0.4) is 0 Å². The van der Waals surface area contributed by atoms with E-state index in [-0.39, 0.29) is 18.5 Å². The molecular weight excluding hydrogens is 454 g/mol. The normalized spacial score (nSPS) is 12.2.